The molecule has 0 saturated carbocycles. The third-order valence-corrected chi connectivity index (χ3v) is 10.1. The first-order chi connectivity index (χ1) is 35.3. The van der Waals surface area contributed by atoms with Crippen LogP contribution in [0, 0.1) is 64.9 Å². The third-order valence-electron chi connectivity index (χ3n) is 9.09. The first-order valence-electron chi connectivity index (χ1n) is 24.4. The van der Waals surface area contributed by atoms with Crippen LogP contribution in [-0.2, 0) is 201 Å². The number of halogens is 4. The van der Waals surface area contributed by atoms with E-state index in [9.17, 15) is 24.9 Å². The molecule has 0 aliphatic carbocycles. The minimum atomic E-state index is -0.628. The molecule has 29 heteroatoms. The molecule has 2 aromatic rings. The SMILES string of the molecule is C1COCCO1.CC(C)(C)OC(=O)N1CCC(C#N)(c2ccccc2Cl)CC1.CC=O.CC[NH-].CC[NH-].Cl.N#CC1(c2ccccc2Cl)CCN(Cl)CC1.[CH2-]N([CH2-])C(=O)OC(C)(C)C.[CH2-]N([CH2-])C(=O)OC(C)(C)C.[CH2-]N[CH2-].[NH2-].[W].[W].[W].[Y].[Y].[Y]. The van der Waals surface area contributed by atoms with E-state index in [1.807, 2.05) is 63.2 Å². The van der Waals surface area contributed by atoms with Crippen molar-refractivity contribution in [1.82, 2.24) is 24.4 Å². The number of likely N-dealkylation sites (tertiary alicyclic amines) is 1. The van der Waals surface area contributed by atoms with Gasteiger partial charge in [0.25, 0.3) is 0 Å². The second-order valence-electron chi connectivity index (χ2n) is 19.2. The molecule has 2 aromatic carbocycles. The van der Waals surface area contributed by atoms with E-state index in [4.69, 9.17) is 74.9 Å². The van der Waals surface area contributed by atoms with Gasteiger partial charge in [0.2, 0.25) is 0 Å². The molecule has 19 nitrogen and oxygen atoms in total. The van der Waals surface area contributed by atoms with E-state index in [-0.39, 0.29) is 186 Å². The molecule has 0 atom stereocenters. The number of benzene rings is 2. The second kappa shape index (κ2) is 64.3. The average molecular weight is 2000 g/mol. The number of carbonyl (C=O) groups excluding carboxylic acids is 4. The maximum absolute atomic E-state index is 12.1. The number of nitriles is 2. The molecule has 0 spiro atoms. The van der Waals surface area contributed by atoms with Crippen molar-refractivity contribution in [2.24, 2.45) is 0 Å². The topological polar surface area (TPSA) is 268 Å². The number of aldehydes is 1. The summed E-state index contributed by atoms with van der Waals surface area (Å²) in [5.74, 6) is 0. The van der Waals surface area contributed by atoms with Gasteiger partial charge < -0.3 is 80.2 Å². The molecule has 3 radical (unpaired) electrons. The van der Waals surface area contributed by atoms with Gasteiger partial charge in [0.05, 0.1) is 49.4 Å². The van der Waals surface area contributed by atoms with Gasteiger partial charge >= 0.3 is 18.3 Å². The van der Waals surface area contributed by atoms with E-state index in [1.54, 1.807) is 70.8 Å². The van der Waals surface area contributed by atoms with Gasteiger partial charge in [-0.25, -0.2) is 18.8 Å². The largest absolute Gasteiger partial charge is 0.693 e. The van der Waals surface area contributed by atoms with Crippen LogP contribution >= 0.6 is 47.4 Å². The zero-order chi connectivity index (χ0) is 59.8. The van der Waals surface area contributed by atoms with Crippen molar-refractivity contribution in [3.05, 3.63) is 130 Å². The van der Waals surface area contributed by atoms with E-state index in [0.29, 0.717) is 49.1 Å². The molecule has 3 fully saturated rings. The first kappa shape index (κ1) is 113. The average Bonchev–Trinajstić information content (AvgIpc) is 3.33. The number of nitrogens with two attached hydrogens (primary N) is 1. The van der Waals surface area contributed by atoms with Crippen molar-refractivity contribution in [2.45, 2.75) is 136 Å². The Morgan fingerprint density at radius 1 is 0.655 bits per heavy atom. The number of carbonyl (C=O) groups is 4. The molecule has 3 aliphatic heterocycles. The number of nitrogens with zero attached hydrogens (tertiary/aromatic N) is 6. The van der Waals surface area contributed by atoms with Gasteiger partial charge in [-0.15, -0.1) is 12.4 Å². The van der Waals surface area contributed by atoms with Gasteiger partial charge in [-0.05, 0) is 130 Å². The summed E-state index contributed by atoms with van der Waals surface area (Å²) in [5.41, 5.74) is 11.7. The Morgan fingerprint density at radius 2 is 0.893 bits per heavy atom. The molecule has 0 aromatic heterocycles. The predicted octanol–water partition coefficient (Wildman–Crippen LogP) is 14.7. The van der Waals surface area contributed by atoms with Crippen LogP contribution < -0.4 is 5.32 Å². The standard InChI is InChI=1S/C17H21ClN2O2.C12H12Cl2N2.2C7H13NO2.C4H8O2.C2H5N.2C2H6N.C2H4O.ClH.H2N.3W.3Y/c1-16(2,3)22-15(21)20-10-8-17(12-19,9-11-20)13-6-4-5-7-14(13)18;13-11-4-2-1-3-10(11)12(9-15)5-7-16(14)8-6-12;2*1-7(2,3)10-6(9)8(4)5;1-2-6-4-3-5-1;1-3-2;3*1-2-3;;;;;;;;/h4-7H,8-11H2,1-3H3;1-4H,5-8H2;2*4-5H2,1-3H3;1-4H2;3H,1-2H2;2*3H,2H2,1H3;2H,1H3;1H;1H2;;;;;;/q;;2*-2;;-2;2*-1;;;-1;;;;;;. The molecule has 5 N–H and O–H groups in total. The van der Waals surface area contributed by atoms with E-state index in [1.165, 1.54) is 6.92 Å². The first-order valence-corrected chi connectivity index (χ1v) is 25.5. The van der Waals surface area contributed by atoms with E-state index in [0.717, 1.165) is 79.6 Å². The Morgan fingerprint density at radius 3 is 1.08 bits per heavy atom. The summed E-state index contributed by atoms with van der Waals surface area (Å²) in [7, 11) is 19.3. The summed E-state index contributed by atoms with van der Waals surface area (Å²) in [4.78, 5) is 45.9. The van der Waals surface area contributed by atoms with Gasteiger partial charge in [-0.1, -0.05) is 73.4 Å². The normalized spacial score (nSPS) is 13.6. The number of rotatable bonds is 2. The molecule has 3 aliphatic rings. The van der Waals surface area contributed by atoms with Crippen LogP contribution in [0.25, 0.3) is 17.6 Å². The fourth-order valence-electron chi connectivity index (χ4n) is 5.93. The number of hydrogen-bond donors (Lipinski definition) is 1. The van der Waals surface area contributed by atoms with E-state index in [2.05, 4.69) is 59.7 Å². The van der Waals surface area contributed by atoms with Crippen molar-refractivity contribution in [3.8, 4) is 12.1 Å². The van der Waals surface area contributed by atoms with Crippen molar-refractivity contribution in [3.63, 3.8) is 0 Å². The van der Waals surface area contributed by atoms with Crippen molar-refractivity contribution >= 4 is 72.0 Å². The van der Waals surface area contributed by atoms with Crippen LogP contribution in [0.2, 0.25) is 10.0 Å². The number of amides is 3. The monoisotopic (exact) mass is 1990 g/mol. The molecule has 3 heterocycles. The summed E-state index contributed by atoms with van der Waals surface area (Å²) in [6.07, 6.45) is 1.98. The number of nitrogens with one attached hydrogen (secondary N) is 3. The van der Waals surface area contributed by atoms with Crippen molar-refractivity contribution in [2.75, 3.05) is 65.7 Å². The van der Waals surface area contributed by atoms with Crippen LogP contribution in [-0.4, -0.2) is 126 Å². The van der Waals surface area contributed by atoms with Gasteiger partial charge in [0.1, 0.15) is 23.1 Å². The maximum atomic E-state index is 12.1. The predicted molar refractivity (Wildman–Crippen MR) is 318 cm³/mol. The van der Waals surface area contributed by atoms with Crippen LogP contribution in [0.15, 0.2) is 48.5 Å². The van der Waals surface area contributed by atoms with Gasteiger partial charge in [-0.3, -0.25) is 28.2 Å². The zero-order valence-electron chi connectivity index (χ0n) is 51.3. The quantitative estimate of drug-likeness (QED) is 0.127. The molecule has 0 bridgehead atoms. The Bertz CT molecular complexity index is 1940. The van der Waals surface area contributed by atoms with Crippen LogP contribution in [0.1, 0.15) is 120 Å². The Balaban J connectivity index is -0.0000000749. The smallest absolute Gasteiger partial charge is 0.410 e. The minimum Gasteiger partial charge on any atom is -0.693 e. The summed E-state index contributed by atoms with van der Waals surface area (Å²) >= 11 is 18.3. The third kappa shape index (κ3) is 58.3. The number of hydrogen-bond acceptors (Lipinski definition) is 13. The summed E-state index contributed by atoms with van der Waals surface area (Å²) < 4.78 is 26.7. The molecule has 84 heavy (non-hydrogen) atoms. The fraction of sp³-hybridized carbons (Fsp3) is 0.564. The van der Waals surface area contributed by atoms with Gasteiger partial charge in [-0.2, -0.15) is 23.6 Å². The summed E-state index contributed by atoms with van der Waals surface area (Å²) in [5, 5.41) is 22.7. The Kier molecular flexibility index (Phi) is 86.2. The minimum absolute atomic E-state index is 0. The van der Waals surface area contributed by atoms with E-state index >= 15 is 0 Å². The second-order valence-corrected chi connectivity index (χ2v) is 20.5. The molecular formula is C55H91Cl4N10O9W3Y3-9. The maximum Gasteiger partial charge on any atom is 0.410 e. The van der Waals surface area contributed by atoms with Crippen LogP contribution in [0.4, 0.5) is 14.4 Å². The van der Waals surface area contributed by atoms with Gasteiger partial charge in [0.15, 0.2) is 0 Å². The van der Waals surface area contributed by atoms with Crippen LogP contribution in [0.5, 0.6) is 0 Å². The summed E-state index contributed by atoms with van der Waals surface area (Å²) in [6, 6.07) is 19.9. The number of ether oxygens (including phenoxy) is 5. The van der Waals surface area contributed by atoms with Crippen LogP contribution in [0.3, 0.4) is 0 Å². The number of piperidine rings is 2. The van der Waals surface area contributed by atoms with Gasteiger partial charge in [0, 0.05) is 198 Å². The summed E-state index contributed by atoms with van der Waals surface area (Å²) in [6.45, 7) is 27.8. The fourth-order valence-corrected chi connectivity index (χ4v) is 6.74. The molecule has 0 unspecified atom stereocenters. The zero-order valence-corrected chi connectivity index (χ0v) is 71.7. The van der Waals surface area contributed by atoms with E-state index < -0.39 is 39.8 Å². The molecule has 479 valence electrons. The van der Waals surface area contributed by atoms with Crippen molar-refractivity contribution in [1.29, 1.82) is 10.5 Å². The molecule has 3 saturated heterocycles. The molecule has 5 rings (SSSR count). The Labute approximate surface area is 646 Å². The molecule has 3 amide bonds. The Hall–Kier alpha value is 1.16. The molecular weight excluding hydrogens is 1900 g/mol. The van der Waals surface area contributed by atoms with Crippen molar-refractivity contribution < 1.29 is 204 Å².